The first-order valence-corrected chi connectivity index (χ1v) is 5.46. The minimum Gasteiger partial charge on any atom is -0.313 e. The van der Waals surface area contributed by atoms with Crippen LogP contribution in [0.1, 0.15) is 24.2 Å². The van der Waals surface area contributed by atoms with Crippen LogP contribution in [0.25, 0.3) is 0 Å². The summed E-state index contributed by atoms with van der Waals surface area (Å²) >= 11 is 1.57. The van der Waals surface area contributed by atoms with E-state index in [4.69, 9.17) is 0 Å². The normalized spacial score (nSPS) is 12.9. The highest BCUT2D eigenvalue weighted by molar-refractivity contribution is 7.98. The number of nitrogens with zero attached hydrogens (tertiary/aromatic N) is 2. The van der Waals surface area contributed by atoms with Gasteiger partial charge in [0.05, 0.1) is 0 Å². The van der Waals surface area contributed by atoms with Gasteiger partial charge in [0.2, 0.25) is 0 Å². The zero-order valence-corrected chi connectivity index (χ0v) is 9.27. The van der Waals surface area contributed by atoms with Gasteiger partial charge in [0.1, 0.15) is 0 Å². The molecule has 4 heteroatoms. The Balaban J connectivity index is 2.98. The van der Waals surface area contributed by atoms with E-state index in [1.807, 2.05) is 26.4 Å². The molecule has 1 unspecified atom stereocenters. The first-order chi connectivity index (χ1) is 6.19. The van der Waals surface area contributed by atoms with Gasteiger partial charge in [-0.05, 0) is 27.2 Å². The Morgan fingerprint density at radius 2 is 2.23 bits per heavy atom. The lowest BCUT2D eigenvalue weighted by molar-refractivity contribution is 0.635. The van der Waals surface area contributed by atoms with Gasteiger partial charge in [-0.15, -0.1) is 0 Å². The highest BCUT2D eigenvalue weighted by Crippen LogP contribution is 2.16. The van der Waals surface area contributed by atoms with E-state index in [2.05, 4.69) is 22.2 Å². The van der Waals surface area contributed by atoms with Crippen molar-refractivity contribution in [3.8, 4) is 0 Å². The molecule has 0 amide bonds. The van der Waals surface area contributed by atoms with Crippen LogP contribution in [0.3, 0.4) is 0 Å². The summed E-state index contributed by atoms with van der Waals surface area (Å²) in [4.78, 5) is 8.61. The molecule has 13 heavy (non-hydrogen) atoms. The molecule has 0 aliphatic carbocycles. The van der Waals surface area contributed by atoms with E-state index in [0.29, 0.717) is 6.04 Å². The summed E-state index contributed by atoms with van der Waals surface area (Å²) in [6.45, 7) is 4.12. The molecular weight excluding hydrogens is 182 g/mol. The van der Waals surface area contributed by atoms with Crippen molar-refractivity contribution in [2.45, 2.75) is 25.0 Å². The molecule has 1 aromatic heterocycles. The molecule has 0 aliphatic rings. The second-order valence-corrected chi connectivity index (χ2v) is 3.68. The van der Waals surface area contributed by atoms with Crippen LogP contribution in [0.15, 0.2) is 11.4 Å². The van der Waals surface area contributed by atoms with Gasteiger partial charge in [0.25, 0.3) is 0 Å². The van der Waals surface area contributed by atoms with Crippen LogP contribution in [0.4, 0.5) is 0 Å². The van der Waals surface area contributed by atoms with Crippen LogP contribution in [0, 0.1) is 6.92 Å². The first-order valence-electron chi connectivity index (χ1n) is 4.23. The van der Waals surface area contributed by atoms with Crippen LogP contribution >= 0.6 is 11.8 Å². The Bertz CT molecular complexity index is 288. The second-order valence-electron chi connectivity index (χ2n) is 2.91. The summed E-state index contributed by atoms with van der Waals surface area (Å²) < 4.78 is 0. The molecule has 0 saturated heterocycles. The first kappa shape index (κ1) is 10.5. The quantitative estimate of drug-likeness (QED) is 0.592. The molecule has 72 valence electrons. The predicted molar refractivity (Wildman–Crippen MR) is 56.0 cm³/mol. The minimum atomic E-state index is 0.316. The van der Waals surface area contributed by atoms with Crippen molar-refractivity contribution in [3.63, 3.8) is 0 Å². The number of aryl methyl sites for hydroxylation is 1. The number of thioether (sulfide) groups is 1. The van der Waals surface area contributed by atoms with Crippen molar-refractivity contribution in [1.82, 2.24) is 15.3 Å². The number of hydrogen-bond donors (Lipinski definition) is 1. The Morgan fingerprint density at radius 3 is 2.69 bits per heavy atom. The Hall–Kier alpha value is -0.610. The maximum absolute atomic E-state index is 4.37. The molecule has 1 N–H and O–H groups in total. The third kappa shape index (κ3) is 2.42. The van der Waals surface area contributed by atoms with E-state index in [1.54, 1.807) is 11.8 Å². The zero-order valence-electron chi connectivity index (χ0n) is 8.46. The third-order valence-corrected chi connectivity index (χ3v) is 2.64. The smallest absolute Gasteiger partial charge is 0.187 e. The second kappa shape index (κ2) is 4.58. The van der Waals surface area contributed by atoms with Crippen molar-refractivity contribution in [1.29, 1.82) is 0 Å². The molecule has 0 fully saturated rings. The van der Waals surface area contributed by atoms with Gasteiger partial charge in [-0.2, -0.15) is 0 Å². The molecule has 3 nitrogen and oxygen atoms in total. The van der Waals surface area contributed by atoms with Gasteiger partial charge in [-0.1, -0.05) is 11.8 Å². The number of hydrogen-bond acceptors (Lipinski definition) is 4. The van der Waals surface area contributed by atoms with Crippen LogP contribution in [-0.4, -0.2) is 23.3 Å². The van der Waals surface area contributed by atoms with E-state index in [9.17, 15) is 0 Å². The Labute approximate surface area is 83.4 Å². The molecule has 1 rings (SSSR count). The van der Waals surface area contributed by atoms with Gasteiger partial charge in [0, 0.05) is 23.5 Å². The maximum Gasteiger partial charge on any atom is 0.187 e. The molecule has 0 aliphatic heterocycles. The maximum atomic E-state index is 4.37. The van der Waals surface area contributed by atoms with Crippen molar-refractivity contribution in [3.05, 3.63) is 17.5 Å². The summed E-state index contributed by atoms with van der Waals surface area (Å²) in [6.07, 6.45) is 3.88. The van der Waals surface area contributed by atoms with Crippen LogP contribution in [0.2, 0.25) is 0 Å². The summed E-state index contributed by atoms with van der Waals surface area (Å²) in [5, 5.41) is 4.01. The SMILES string of the molecule is CNC(C)c1cnc(SC)nc1C. The largest absolute Gasteiger partial charge is 0.313 e. The molecule has 1 atom stereocenters. The summed E-state index contributed by atoms with van der Waals surface area (Å²) in [7, 11) is 1.94. The molecule has 0 saturated carbocycles. The van der Waals surface area contributed by atoms with Gasteiger partial charge in [-0.25, -0.2) is 9.97 Å². The van der Waals surface area contributed by atoms with E-state index >= 15 is 0 Å². The Kier molecular flexibility index (Phi) is 3.69. The summed E-state index contributed by atoms with van der Waals surface area (Å²) in [5.74, 6) is 0. The van der Waals surface area contributed by atoms with Crippen molar-refractivity contribution < 1.29 is 0 Å². The molecule has 0 spiro atoms. The minimum absolute atomic E-state index is 0.316. The monoisotopic (exact) mass is 197 g/mol. The standard InChI is InChI=1S/C9H15N3S/c1-6(10-3)8-5-11-9(13-4)12-7(8)2/h5-6,10H,1-4H3. The van der Waals surface area contributed by atoms with Crippen molar-refractivity contribution in [2.75, 3.05) is 13.3 Å². The molecule has 0 aromatic carbocycles. The molecule has 1 aromatic rings. The van der Waals surface area contributed by atoms with Crippen molar-refractivity contribution >= 4 is 11.8 Å². The summed E-state index contributed by atoms with van der Waals surface area (Å²) in [6, 6.07) is 0.316. The average Bonchev–Trinajstić information content (AvgIpc) is 2.16. The fourth-order valence-corrected chi connectivity index (χ4v) is 1.52. The number of nitrogens with one attached hydrogen (secondary N) is 1. The van der Waals surface area contributed by atoms with Crippen molar-refractivity contribution in [2.24, 2.45) is 0 Å². The lowest BCUT2D eigenvalue weighted by Crippen LogP contribution is -2.14. The predicted octanol–water partition coefficient (Wildman–Crippen LogP) is 1.79. The lowest BCUT2D eigenvalue weighted by atomic mass is 10.1. The number of rotatable bonds is 3. The van der Waals surface area contributed by atoms with E-state index in [-0.39, 0.29) is 0 Å². The lowest BCUT2D eigenvalue weighted by Gasteiger charge is -2.12. The highest BCUT2D eigenvalue weighted by Gasteiger charge is 2.08. The molecule has 1 heterocycles. The van der Waals surface area contributed by atoms with Crippen LogP contribution in [-0.2, 0) is 0 Å². The van der Waals surface area contributed by atoms with E-state index < -0.39 is 0 Å². The van der Waals surface area contributed by atoms with E-state index in [1.165, 1.54) is 5.56 Å². The molecule has 0 bridgehead atoms. The zero-order chi connectivity index (χ0) is 9.84. The molecular formula is C9H15N3S. The summed E-state index contributed by atoms with van der Waals surface area (Å²) in [5.41, 5.74) is 2.22. The van der Waals surface area contributed by atoms with E-state index in [0.717, 1.165) is 10.9 Å². The fourth-order valence-electron chi connectivity index (χ4n) is 1.13. The molecule has 0 radical (unpaired) electrons. The topological polar surface area (TPSA) is 37.8 Å². The number of aromatic nitrogens is 2. The van der Waals surface area contributed by atoms with Gasteiger partial charge < -0.3 is 5.32 Å². The fraction of sp³-hybridized carbons (Fsp3) is 0.556. The average molecular weight is 197 g/mol. The van der Waals surface area contributed by atoms with Gasteiger partial charge in [0.15, 0.2) is 5.16 Å². The van der Waals surface area contributed by atoms with Crippen LogP contribution in [0.5, 0.6) is 0 Å². The van der Waals surface area contributed by atoms with Crippen LogP contribution < -0.4 is 5.32 Å². The van der Waals surface area contributed by atoms with Gasteiger partial charge >= 0.3 is 0 Å². The Morgan fingerprint density at radius 1 is 1.54 bits per heavy atom. The third-order valence-electron chi connectivity index (χ3n) is 2.08. The highest BCUT2D eigenvalue weighted by atomic mass is 32.2. The van der Waals surface area contributed by atoms with Gasteiger partial charge in [-0.3, -0.25) is 0 Å².